The summed E-state index contributed by atoms with van der Waals surface area (Å²) < 4.78 is 28.9. The average molecular weight is 358 g/mol. The second-order valence-electron chi connectivity index (χ2n) is 6.69. The van der Waals surface area contributed by atoms with Crippen molar-refractivity contribution in [3.8, 4) is 0 Å². The molecule has 0 atom stereocenters. The van der Waals surface area contributed by atoms with E-state index in [4.69, 9.17) is 0 Å². The molecule has 1 N–H and O–H groups in total. The third kappa shape index (κ3) is 5.83. The minimum atomic E-state index is -3.95. The van der Waals surface area contributed by atoms with Crippen molar-refractivity contribution in [3.05, 3.63) is 66.2 Å². The summed E-state index contributed by atoms with van der Waals surface area (Å²) in [5.74, 6) is -0.490. The van der Waals surface area contributed by atoms with Gasteiger partial charge in [0, 0.05) is 12.0 Å². The molecule has 0 aliphatic heterocycles. The van der Waals surface area contributed by atoms with Gasteiger partial charge in [0.15, 0.2) is 0 Å². The fraction of sp³-hybridized carbons (Fsp3) is 0.263. The van der Waals surface area contributed by atoms with Gasteiger partial charge in [0.2, 0.25) is 0 Å². The Morgan fingerprint density at radius 2 is 1.48 bits per heavy atom. The van der Waals surface area contributed by atoms with E-state index in [1.165, 1.54) is 12.1 Å². The van der Waals surface area contributed by atoms with Gasteiger partial charge in [-0.3, -0.25) is 4.79 Å². The summed E-state index contributed by atoms with van der Waals surface area (Å²) in [4.78, 5) is 12.6. The molecular formula is C19H22N2O3S. The summed E-state index contributed by atoms with van der Waals surface area (Å²) in [7, 11) is -3.95. The lowest BCUT2D eigenvalue weighted by molar-refractivity contribution is -0.116. The number of rotatable bonds is 5. The summed E-state index contributed by atoms with van der Waals surface area (Å²) in [6.45, 7) is 5.49. The maximum Gasteiger partial charge on any atom is 0.282 e. The van der Waals surface area contributed by atoms with E-state index in [9.17, 15) is 13.2 Å². The topological polar surface area (TPSA) is 75.6 Å². The van der Waals surface area contributed by atoms with E-state index >= 15 is 0 Å². The van der Waals surface area contributed by atoms with Crippen molar-refractivity contribution in [1.29, 1.82) is 0 Å². The Morgan fingerprint density at radius 1 is 0.960 bits per heavy atom. The molecule has 2 aromatic carbocycles. The average Bonchev–Trinajstić information content (AvgIpc) is 2.54. The highest BCUT2D eigenvalue weighted by molar-refractivity contribution is 7.90. The molecule has 0 spiro atoms. The van der Waals surface area contributed by atoms with E-state index in [-0.39, 0.29) is 17.0 Å². The predicted molar refractivity (Wildman–Crippen MR) is 99.1 cm³/mol. The molecule has 2 aromatic rings. The zero-order chi connectivity index (χ0) is 18.5. The lowest BCUT2D eigenvalue weighted by Crippen LogP contribution is -2.45. The molecule has 25 heavy (non-hydrogen) atoms. The van der Waals surface area contributed by atoms with Crippen LogP contribution in [0.4, 0.5) is 0 Å². The zero-order valence-corrected chi connectivity index (χ0v) is 15.4. The number of nitrogens with one attached hydrogen (secondary N) is 1. The summed E-state index contributed by atoms with van der Waals surface area (Å²) in [6.07, 6.45) is 0.134. The predicted octanol–water partition coefficient (Wildman–Crippen LogP) is 2.97. The van der Waals surface area contributed by atoms with E-state index in [1.807, 2.05) is 51.1 Å². The van der Waals surface area contributed by atoms with Crippen molar-refractivity contribution in [2.45, 2.75) is 37.6 Å². The SMILES string of the molecule is CC(C)(C)NC(=O)/C(Cc1ccccc1)=N\S(=O)(=O)c1ccccc1. The highest BCUT2D eigenvalue weighted by Crippen LogP contribution is 2.13. The minimum absolute atomic E-state index is 0.0371. The number of sulfonamides is 1. The normalized spacial score (nSPS) is 12.7. The van der Waals surface area contributed by atoms with Crippen molar-refractivity contribution in [2.24, 2.45) is 4.40 Å². The van der Waals surface area contributed by atoms with E-state index in [1.54, 1.807) is 18.2 Å². The molecule has 0 saturated carbocycles. The van der Waals surface area contributed by atoms with Gasteiger partial charge in [0.1, 0.15) is 5.71 Å². The lowest BCUT2D eigenvalue weighted by atomic mass is 10.1. The molecule has 2 rings (SSSR count). The molecule has 0 aromatic heterocycles. The van der Waals surface area contributed by atoms with Crippen LogP contribution in [0.1, 0.15) is 26.3 Å². The van der Waals surface area contributed by atoms with Gasteiger partial charge in [-0.25, -0.2) is 0 Å². The van der Waals surface area contributed by atoms with Gasteiger partial charge in [-0.2, -0.15) is 12.8 Å². The summed E-state index contributed by atoms with van der Waals surface area (Å²) in [6, 6.07) is 17.1. The van der Waals surface area contributed by atoms with Crippen molar-refractivity contribution in [2.75, 3.05) is 0 Å². The Balaban J connectivity index is 2.41. The molecule has 0 unspecified atom stereocenters. The van der Waals surface area contributed by atoms with Crippen molar-refractivity contribution < 1.29 is 13.2 Å². The molecule has 0 saturated heterocycles. The van der Waals surface area contributed by atoms with Gasteiger partial charge in [-0.1, -0.05) is 48.5 Å². The van der Waals surface area contributed by atoms with Crippen molar-refractivity contribution >= 4 is 21.6 Å². The number of benzene rings is 2. The van der Waals surface area contributed by atoms with Crippen LogP contribution in [-0.2, 0) is 21.2 Å². The second-order valence-corrected chi connectivity index (χ2v) is 8.30. The largest absolute Gasteiger partial charge is 0.346 e. The van der Waals surface area contributed by atoms with Crippen LogP contribution < -0.4 is 5.32 Å². The number of amides is 1. The van der Waals surface area contributed by atoms with E-state index in [2.05, 4.69) is 9.71 Å². The Kier molecular flexibility index (Phi) is 5.74. The first-order valence-corrected chi connectivity index (χ1v) is 9.37. The number of carbonyl (C=O) groups is 1. The Morgan fingerprint density at radius 3 is 2.00 bits per heavy atom. The van der Waals surface area contributed by atoms with Crippen LogP contribution in [-0.4, -0.2) is 25.6 Å². The fourth-order valence-corrected chi connectivity index (χ4v) is 3.19. The van der Waals surface area contributed by atoms with E-state index in [0.717, 1.165) is 5.56 Å². The van der Waals surface area contributed by atoms with Gasteiger partial charge < -0.3 is 5.32 Å². The van der Waals surface area contributed by atoms with Crippen LogP contribution >= 0.6 is 0 Å². The van der Waals surface area contributed by atoms with Crippen LogP contribution in [0.5, 0.6) is 0 Å². The first-order valence-electron chi connectivity index (χ1n) is 7.93. The zero-order valence-electron chi connectivity index (χ0n) is 14.6. The first kappa shape index (κ1) is 18.9. The standard InChI is InChI=1S/C19H22N2O3S/c1-19(2,3)20-18(22)17(14-15-10-6-4-7-11-15)21-25(23,24)16-12-8-5-9-13-16/h4-13H,14H2,1-3H3,(H,20,22)/b21-17-. The van der Waals surface area contributed by atoms with Crippen LogP contribution in [0.2, 0.25) is 0 Å². The van der Waals surface area contributed by atoms with Gasteiger partial charge in [-0.15, -0.1) is 0 Å². The molecule has 5 nitrogen and oxygen atoms in total. The lowest BCUT2D eigenvalue weighted by Gasteiger charge is -2.21. The molecule has 132 valence electrons. The maximum absolute atomic E-state index is 12.6. The fourth-order valence-electron chi connectivity index (χ4n) is 2.15. The Hall–Kier alpha value is -2.47. The van der Waals surface area contributed by atoms with E-state index < -0.39 is 21.5 Å². The van der Waals surface area contributed by atoms with Crippen molar-refractivity contribution in [3.63, 3.8) is 0 Å². The Labute approximate surface area is 148 Å². The molecule has 0 radical (unpaired) electrons. The maximum atomic E-state index is 12.6. The minimum Gasteiger partial charge on any atom is -0.346 e. The molecule has 0 aliphatic rings. The van der Waals surface area contributed by atoms with Gasteiger partial charge >= 0.3 is 0 Å². The van der Waals surface area contributed by atoms with Crippen LogP contribution in [0.15, 0.2) is 70.0 Å². The third-order valence-corrected chi connectivity index (χ3v) is 4.57. The second kappa shape index (κ2) is 7.61. The highest BCUT2D eigenvalue weighted by atomic mass is 32.2. The van der Waals surface area contributed by atoms with Crippen LogP contribution in [0.25, 0.3) is 0 Å². The molecule has 0 fully saturated rings. The van der Waals surface area contributed by atoms with E-state index in [0.29, 0.717) is 0 Å². The summed E-state index contributed by atoms with van der Waals surface area (Å²) in [5, 5.41) is 2.78. The number of nitrogens with zero attached hydrogens (tertiary/aromatic N) is 1. The van der Waals surface area contributed by atoms with Crippen LogP contribution in [0, 0.1) is 0 Å². The molecule has 6 heteroatoms. The van der Waals surface area contributed by atoms with Crippen LogP contribution in [0.3, 0.4) is 0 Å². The smallest absolute Gasteiger partial charge is 0.282 e. The summed E-state index contributed by atoms with van der Waals surface area (Å²) >= 11 is 0. The third-order valence-electron chi connectivity index (χ3n) is 3.24. The number of hydrogen-bond donors (Lipinski definition) is 1. The van der Waals surface area contributed by atoms with Gasteiger partial charge in [0.25, 0.3) is 15.9 Å². The Bertz CT molecular complexity index is 853. The quantitative estimate of drug-likeness (QED) is 0.835. The van der Waals surface area contributed by atoms with Gasteiger partial charge in [-0.05, 0) is 38.5 Å². The monoisotopic (exact) mass is 358 g/mol. The molecule has 0 bridgehead atoms. The highest BCUT2D eigenvalue weighted by Gasteiger charge is 2.22. The van der Waals surface area contributed by atoms with Crippen molar-refractivity contribution in [1.82, 2.24) is 5.32 Å². The van der Waals surface area contributed by atoms with Gasteiger partial charge in [0.05, 0.1) is 4.90 Å². The molecule has 0 heterocycles. The number of hydrogen-bond acceptors (Lipinski definition) is 3. The number of carbonyl (C=O) groups excluding carboxylic acids is 1. The molecule has 0 aliphatic carbocycles. The summed E-state index contributed by atoms with van der Waals surface area (Å²) in [5.41, 5.74) is 0.281. The molecular weight excluding hydrogens is 336 g/mol. The molecule has 1 amide bonds. The first-order chi connectivity index (χ1) is 11.7.